The average molecular weight is 367 g/mol. The van der Waals surface area contributed by atoms with Crippen LogP contribution in [0, 0.1) is 10.1 Å². The number of thioether (sulfide) groups is 1. The van der Waals surface area contributed by atoms with E-state index in [1.165, 1.54) is 17.0 Å². The van der Waals surface area contributed by atoms with Gasteiger partial charge in [-0.1, -0.05) is 0 Å². The molecule has 0 radical (unpaired) electrons. The molecule has 25 heavy (non-hydrogen) atoms. The summed E-state index contributed by atoms with van der Waals surface area (Å²) in [7, 11) is 0. The van der Waals surface area contributed by atoms with Crippen LogP contribution in [0.3, 0.4) is 0 Å². The number of furan rings is 1. The molecule has 0 spiro atoms. The quantitative estimate of drug-likeness (QED) is 0.440. The Kier molecular flexibility index (Phi) is 4.86. The molecule has 132 valence electrons. The molecule has 3 amide bonds. The predicted octanol–water partition coefficient (Wildman–Crippen LogP) is 1.08. The third kappa shape index (κ3) is 3.72. The molecule has 2 aliphatic heterocycles. The van der Waals surface area contributed by atoms with Gasteiger partial charge in [0.15, 0.2) is 0 Å². The lowest BCUT2D eigenvalue weighted by molar-refractivity contribution is -0.402. The van der Waals surface area contributed by atoms with Crippen LogP contribution in [0.25, 0.3) is 6.08 Å². The molecule has 0 unspecified atom stereocenters. The van der Waals surface area contributed by atoms with Crippen molar-refractivity contribution in [2.45, 2.75) is 0 Å². The number of imide groups is 1. The van der Waals surface area contributed by atoms with Gasteiger partial charge in [-0.3, -0.25) is 29.4 Å². The fraction of sp³-hybridized carbons (Fsp3) is 0.357. The van der Waals surface area contributed by atoms with E-state index in [4.69, 9.17) is 9.15 Å². The molecule has 2 fully saturated rings. The summed E-state index contributed by atoms with van der Waals surface area (Å²) in [5, 5.41) is 10.0. The van der Waals surface area contributed by atoms with Crippen LogP contribution in [-0.4, -0.2) is 64.6 Å². The van der Waals surface area contributed by atoms with Crippen molar-refractivity contribution in [3.8, 4) is 0 Å². The van der Waals surface area contributed by atoms with Gasteiger partial charge in [0.05, 0.1) is 24.2 Å². The zero-order chi connectivity index (χ0) is 18.0. The normalized spacial score (nSPS) is 19.8. The highest BCUT2D eigenvalue weighted by Gasteiger charge is 2.37. The van der Waals surface area contributed by atoms with Crippen molar-refractivity contribution in [2.24, 2.45) is 0 Å². The molecule has 2 saturated heterocycles. The van der Waals surface area contributed by atoms with Gasteiger partial charge in [-0.15, -0.1) is 0 Å². The van der Waals surface area contributed by atoms with Crippen LogP contribution in [0.2, 0.25) is 0 Å². The number of morpholine rings is 1. The van der Waals surface area contributed by atoms with E-state index in [2.05, 4.69) is 0 Å². The monoisotopic (exact) mass is 367 g/mol. The number of rotatable bonds is 4. The standard InChI is InChI=1S/C14H13N3O7S/c18-11(15-3-5-23-6-4-15)8-16-13(19)10(25-14(16)20)7-9-1-2-12(24-9)17(21)22/h1-2,7H,3-6,8H2/b10-7-. The molecule has 0 aliphatic carbocycles. The van der Waals surface area contributed by atoms with Gasteiger partial charge in [0, 0.05) is 19.2 Å². The number of carbonyl (C=O) groups is 3. The van der Waals surface area contributed by atoms with E-state index >= 15 is 0 Å². The fourth-order valence-corrected chi connectivity index (χ4v) is 3.15. The number of hydrogen-bond acceptors (Lipinski definition) is 8. The van der Waals surface area contributed by atoms with Gasteiger partial charge in [0.1, 0.15) is 17.2 Å². The number of hydrogen-bond donors (Lipinski definition) is 0. The highest BCUT2D eigenvalue weighted by atomic mass is 32.2. The zero-order valence-electron chi connectivity index (χ0n) is 12.9. The second-order valence-electron chi connectivity index (χ2n) is 5.19. The molecule has 0 bridgehead atoms. The lowest BCUT2D eigenvalue weighted by Gasteiger charge is -2.27. The lowest BCUT2D eigenvalue weighted by Crippen LogP contribution is -2.46. The van der Waals surface area contributed by atoms with E-state index < -0.39 is 22.0 Å². The molecule has 3 rings (SSSR count). The van der Waals surface area contributed by atoms with E-state index in [-0.39, 0.29) is 23.1 Å². The van der Waals surface area contributed by atoms with Crippen molar-refractivity contribution in [3.05, 3.63) is 32.9 Å². The van der Waals surface area contributed by atoms with Gasteiger partial charge in [-0.2, -0.15) is 0 Å². The summed E-state index contributed by atoms with van der Waals surface area (Å²) in [5.41, 5.74) is 0. The molecule has 1 aromatic rings. The van der Waals surface area contributed by atoms with Crippen molar-refractivity contribution < 1.29 is 28.5 Å². The van der Waals surface area contributed by atoms with Crippen LogP contribution in [0.4, 0.5) is 10.7 Å². The topological polar surface area (TPSA) is 123 Å². The van der Waals surface area contributed by atoms with Gasteiger partial charge >= 0.3 is 5.88 Å². The Morgan fingerprint density at radius 2 is 2.04 bits per heavy atom. The highest BCUT2D eigenvalue weighted by molar-refractivity contribution is 8.18. The second kappa shape index (κ2) is 7.07. The summed E-state index contributed by atoms with van der Waals surface area (Å²) in [4.78, 5) is 48.8. The van der Waals surface area contributed by atoms with Crippen molar-refractivity contribution in [1.82, 2.24) is 9.80 Å². The molecule has 11 heteroatoms. The van der Waals surface area contributed by atoms with E-state index in [1.54, 1.807) is 0 Å². The SMILES string of the molecule is O=C(CN1C(=O)S/C(=C\c2ccc([N+](=O)[O-])o2)C1=O)N1CCOCC1. The molecule has 2 aliphatic rings. The van der Waals surface area contributed by atoms with Crippen LogP contribution in [-0.2, 0) is 14.3 Å². The molecule has 0 aromatic carbocycles. The third-order valence-corrected chi connectivity index (χ3v) is 4.50. The van der Waals surface area contributed by atoms with E-state index in [9.17, 15) is 24.5 Å². The first-order valence-electron chi connectivity index (χ1n) is 7.31. The van der Waals surface area contributed by atoms with Crippen LogP contribution in [0.5, 0.6) is 0 Å². The van der Waals surface area contributed by atoms with Crippen LogP contribution < -0.4 is 0 Å². The minimum atomic E-state index is -0.704. The summed E-state index contributed by atoms with van der Waals surface area (Å²) in [5.74, 6) is -1.35. The fourth-order valence-electron chi connectivity index (χ4n) is 2.33. The number of amides is 3. The van der Waals surface area contributed by atoms with E-state index in [1.807, 2.05) is 0 Å². The minimum absolute atomic E-state index is 0.0454. The molecule has 0 saturated carbocycles. The predicted molar refractivity (Wildman–Crippen MR) is 85.4 cm³/mol. The molecule has 0 atom stereocenters. The molecule has 3 heterocycles. The Morgan fingerprint density at radius 3 is 2.68 bits per heavy atom. The first-order valence-corrected chi connectivity index (χ1v) is 8.12. The lowest BCUT2D eigenvalue weighted by atomic mass is 10.3. The Labute approximate surface area is 145 Å². The number of nitro groups is 1. The summed E-state index contributed by atoms with van der Waals surface area (Å²) in [6.45, 7) is 1.33. The van der Waals surface area contributed by atoms with Crippen LogP contribution in [0.15, 0.2) is 21.5 Å². The first kappa shape index (κ1) is 17.2. The second-order valence-corrected chi connectivity index (χ2v) is 6.19. The van der Waals surface area contributed by atoms with Crippen molar-refractivity contribution in [1.29, 1.82) is 0 Å². The highest BCUT2D eigenvalue weighted by Crippen LogP contribution is 2.33. The molecule has 1 aromatic heterocycles. The van der Waals surface area contributed by atoms with Crippen LogP contribution in [0.1, 0.15) is 5.76 Å². The Balaban J connectivity index is 1.69. The third-order valence-electron chi connectivity index (χ3n) is 3.60. The number of carbonyl (C=O) groups excluding carboxylic acids is 3. The van der Waals surface area contributed by atoms with E-state index in [0.29, 0.717) is 38.1 Å². The maximum Gasteiger partial charge on any atom is 0.433 e. The van der Waals surface area contributed by atoms with Gasteiger partial charge in [-0.05, 0) is 17.8 Å². The molecular formula is C14H13N3O7S. The first-order chi connectivity index (χ1) is 12.0. The van der Waals surface area contributed by atoms with Crippen molar-refractivity contribution in [2.75, 3.05) is 32.8 Å². The zero-order valence-corrected chi connectivity index (χ0v) is 13.7. The molecule has 0 N–H and O–H groups in total. The maximum atomic E-state index is 12.3. The molecule has 10 nitrogen and oxygen atoms in total. The van der Waals surface area contributed by atoms with Gasteiger partial charge in [-0.25, -0.2) is 0 Å². The minimum Gasteiger partial charge on any atom is -0.401 e. The van der Waals surface area contributed by atoms with Gasteiger partial charge < -0.3 is 14.1 Å². The van der Waals surface area contributed by atoms with Crippen molar-refractivity contribution in [3.63, 3.8) is 0 Å². The Bertz CT molecular complexity index is 766. The van der Waals surface area contributed by atoms with Crippen molar-refractivity contribution >= 4 is 40.8 Å². The number of nitrogens with zero attached hydrogens (tertiary/aromatic N) is 3. The average Bonchev–Trinajstić information content (AvgIpc) is 3.16. The smallest absolute Gasteiger partial charge is 0.401 e. The summed E-state index contributed by atoms with van der Waals surface area (Å²) in [6.07, 6.45) is 1.25. The van der Waals surface area contributed by atoms with Gasteiger partial charge in [0.2, 0.25) is 5.91 Å². The van der Waals surface area contributed by atoms with Gasteiger partial charge in [0.25, 0.3) is 11.1 Å². The number of ether oxygens (including phenoxy) is 1. The Morgan fingerprint density at radius 1 is 1.32 bits per heavy atom. The summed E-state index contributed by atoms with van der Waals surface area (Å²) >= 11 is 0.656. The Hall–Kier alpha value is -2.66. The molecular weight excluding hydrogens is 354 g/mol. The summed E-state index contributed by atoms with van der Waals surface area (Å²) < 4.78 is 10.1. The van der Waals surface area contributed by atoms with Crippen LogP contribution >= 0.6 is 11.8 Å². The van der Waals surface area contributed by atoms with E-state index in [0.717, 1.165) is 11.0 Å². The summed E-state index contributed by atoms with van der Waals surface area (Å²) in [6, 6.07) is 2.48. The largest absolute Gasteiger partial charge is 0.433 e. The maximum absolute atomic E-state index is 12.3.